The van der Waals surface area contributed by atoms with Crippen LogP contribution < -0.4 is 5.32 Å². The lowest BCUT2D eigenvalue weighted by Gasteiger charge is -2.27. The predicted molar refractivity (Wildman–Crippen MR) is 64.0 cm³/mol. The highest BCUT2D eigenvalue weighted by atomic mass is 79.9. The number of pyridine rings is 1. The molecule has 2 heterocycles. The zero-order valence-electron chi connectivity index (χ0n) is 8.79. The molecule has 1 fully saturated rings. The summed E-state index contributed by atoms with van der Waals surface area (Å²) in [4.78, 5) is 4.32. The summed E-state index contributed by atoms with van der Waals surface area (Å²) in [5.74, 6) is 0.922. The van der Waals surface area contributed by atoms with E-state index in [1.165, 1.54) is 0 Å². The van der Waals surface area contributed by atoms with Crippen LogP contribution in [0.5, 0.6) is 0 Å². The van der Waals surface area contributed by atoms with Crippen LogP contribution in [-0.4, -0.2) is 23.7 Å². The first kappa shape index (κ1) is 10.9. The molecule has 2 rings (SSSR count). The largest absolute Gasteiger partial charge is 0.379 e. The van der Waals surface area contributed by atoms with Crippen LogP contribution in [0.3, 0.4) is 0 Å². The van der Waals surface area contributed by atoms with Gasteiger partial charge in [-0.1, -0.05) is 6.92 Å². The van der Waals surface area contributed by atoms with Gasteiger partial charge in [-0.15, -0.1) is 0 Å². The van der Waals surface area contributed by atoms with Gasteiger partial charge in [-0.05, 0) is 40.9 Å². The molecule has 1 aromatic heterocycles. The summed E-state index contributed by atoms with van der Waals surface area (Å²) in [5.41, 5.74) is 0.0842. The van der Waals surface area contributed by atoms with Gasteiger partial charge in [0.1, 0.15) is 5.82 Å². The zero-order valence-corrected chi connectivity index (χ0v) is 10.4. The average molecular weight is 271 g/mol. The van der Waals surface area contributed by atoms with Gasteiger partial charge in [0.05, 0.1) is 12.1 Å². The van der Waals surface area contributed by atoms with Crippen molar-refractivity contribution < 1.29 is 4.74 Å². The minimum Gasteiger partial charge on any atom is -0.379 e. The van der Waals surface area contributed by atoms with Gasteiger partial charge < -0.3 is 10.1 Å². The number of aromatic nitrogens is 1. The molecule has 0 spiro atoms. The van der Waals surface area contributed by atoms with Crippen molar-refractivity contribution in [2.24, 2.45) is 0 Å². The summed E-state index contributed by atoms with van der Waals surface area (Å²) < 4.78 is 6.45. The second-order valence-corrected chi connectivity index (χ2v) is 4.84. The van der Waals surface area contributed by atoms with Crippen LogP contribution in [0.15, 0.2) is 22.8 Å². The smallest absolute Gasteiger partial charge is 0.126 e. The molecule has 1 aliphatic heterocycles. The van der Waals surface area contributed by atoms with E-state index in [1.54, 1.807) is 0 Å². The minimum atomic E-state index is 0.0842. The Morgan fingerprint density at radius 1 is 1.60 bits per heavy atom. The lowest BCUT2D eigenvalue weighted by molar-refractivity contribution is 0.181. The molecule has 0 saturated carbocycles. The van der Waals surface area contributed by atoms with Crippen LogP contribution in [0.1, 0.15) is 19.8 Å². The van der Waals surface area contributed by atoms with Crippen LogP contribution in [-0.2, 0) is 4.74 Å². The fraction of sp³-hybridized carbons (Fsp3) is 0.545. The number of anilines is 1. The van der Waals surface area contributed by atoms with Crippen molar-refractivity contribution in [3.63, 3.8) is 0 Å². The van der Waals surface area contributed by atoms with E-state index in [0.717, 1.165) is 36.3 Å². The molecule has 0 aliphatic carbocycles. The number of nitrogens with zero attached hydrogens (tertiary/aromatic N) is 1. The van der Waals surface area contributed by atoms with Crippen molar-refractivity contribution in [2.45, 2.75) is 25.3 Å². The molecule has 0 aromatic carbocycles. The molecule has 1 aliphatic rings. The molecule has 0 radical (unpaired) electrons. The van der Waals surface area contributed by atoms with Crippen LogP contribution in [0.4, 0.5) is 5.82 Å². The molecule has 1 N–H and O–H groups in total. The Hall–Kier alpha value is -0.610. The molecule has 4 heteroatoms. The maximum atomic E-state index is 5.45. The molecular formula is C11H15BrN2O. The normalized spacial score (nSPS) is 25.5. The Morgan fingerprint density at radius 3 is 3.00 bits per heavy atom. The van der Waals surface area contributed by atoms with Gasteiger partial charge in [0, 0.05) is 17.3 Å². The Balaban J connectivity index is 2.09. The van der Waals surface area contributed by atoms with Gasteiger partial charge >= 0.3 is 0 Å². The SMILES string of the molecule is CCC1(Nc2ccc(Br)cn2)CCOC1. The first-order chi connectivity index (χ1) is 7.24. The van der Waals surface area contributed by atoms with Crippen LogP contribution in [0.2, 0.25) is 0 Å². The lowest BCUT2D eigenvalue weighted by atomic mass is 9.95. The van der Waals surface area contributed by atoms with Crippen molar-refractivity contribution in [2.75, 3.05) is 18.5 Å². The van der Waals surface area contributed by atoms with Crippen molar-refractivity contribution >= 4 is 21.7 Å². The number of hydrogen-bond donors (Lipinski definition) is 1. The Bertz CT molecular complexity index is 320. The van der Waals surface area contributed by atoms with Crippen LogP contribution in [0, 0.1) is 0 Å². The number of rotatable bonds is 3. The monoisotopic (exact) mass is 270 g/mol. The number of ether oxygens (including phenoxy) is 1. The Morgan fingerprint density at radius 2 is 2.47 bits per heavy atom. The standard InChI is InChI=1S/C11H15BrN2O/c1-2-11(5-6-15-8-11)14-10-4-3-9(12)7-13-10/h3-4,7H,2,5-6,8H2,1H3,(H,13,14). The fourth-order valence-corrected chi connectivity index (χ4v) is 2.03. The molecule has 15 heavy (non-hydrogen) atoms. The van der Waals surface area contributed by atoms with E-state index >= 15 is 0 Å². The van der Waals surface area contributed by atoms with E-state index in [4.69, 9.17) is 4.74 Å². The molecule has 1 saturated heterocycles. The zero-order chi connectivity index (χ0) is 10.7. The van der Waals surface area contributed by atoms with E-state index in [1.807, 2.05) is 18.3 Å². The molecule has 0 bridgehead atoms. The summed E-state index contributed by atoms with van der Waals surface area (Å²) in [6.45, 7) is 3.80. The minimum absolute atomic E-state index is 0.0842. The molecule has 82 valence electrons. The van der Waals surface area contributed by atoms with Crippen molar-refractivity contribution in [3.8, 4) is 0 Å². The third-order valence-electron chi connectivity index (χ3n) is 2.90. The van der Waals surface area contributed by atoms with E-state index in [0.29, 0.717) is 0 Å². The first-order valence-electron chi connectivity index (χ1n) is 5.22. The van der Waals surface area contributed by atoms with E-state index in [9.17, 15) is 0 Å². The number of nitrogens with one attached hydrogen (secondary N) is 1. The molecule has 1 unspecified atom stereocenters. The third-order valence-corrected chi connectivity index (χ3v) is 3.37. The Kier molecular flexibility index (Phi) is 3.26. The summed E-state index contributed by atoms with van der Waals surface area (Å²) in [6, 6.07) is 3.98. The third kappa shape index (κ3) is 2.49. The Labute approximate surface area is 98.4 Å². The summed E-state index contributed by atoms with van der Waals surface area (Å²) in [5, 5.41) is 3.47. The maximum absolute atomic E-state index is 5.45. The second kappa shape index (κ2) is 4.49. The van der Waals surface area contributed by atoms with Gasteiger partial charge in [0.25, 0.3) is 0 Å². The number of halogens is 1. The highest BCUT2D eigenvalue weighted by Gasteiger charge is 2.33. The van der Waals surface area contributed by atoms with Crippen molar-refractivity contribution in [1.82, 2.24) is 4.98 Å². The molecular weight excluding hydrogens is 256 g/mol. The highest BCUT2D eigenvalue weighted by Crippen LogP contribution is 2.26. The number of hydrogen-bond acceptors (Lipinski definition) is 3. The first-order valence-corrected chi connectivity index (χ1v) is 6.01. The summed E-state index contributed by atoms with van der Waals surface area (Å²) in [6.07, 6.45) is 3.92. The van der Waals surface area contributed by atoms with Gasteiger partial charge in [0.2, 0.25) is 0 Å². The van der Waals surface area contributed by atoms with Crippen molar-refractivity contribution in [1.29, 1.82) is 0 Å². The quantitative estimate of drug-likeness (QED) is 0.917. The predicted octanol–water partition coefficient (Wildman–Crippen LogP) is 2.83. The lowest BCUT2D eigenvalue weighted by Crippen LogP contribution is -2.38. The van der Waals surface area contributed by atoms with Gasteiger partial charge in [-0.3, -0.25) is 0 Å². The highest BCUT2D eigenvalue weighted by molar-refractivity contribution is 9.10. The van der Waals surface area contributed by atoms with E-state index in [2.05, 4.69) is 33.2 Å². The summed E-state index contributed by atoms with van der Waals surface area (Å²) in [7, 11) is 0. The second-order valence-electron chi connectivity index (χ2n) is 3.92. The molecule has 1 aromatic rings. The van der Waals surface area contributed by atoms with Crippen LogP contribution in [0.25, 0.3) is 0 Å². The maximum Gasteiger partial charge on any atom is 0.126 e. The van der Waals surface area contributed by atoms with Gasteiger partial charge in [-0.25, -0.2) is 4.98 Å². The van der Waals surface area contributed by atoms with Crippen LogP contribution >= 0.6 is 15.9 Å². The van der Waals surface area contributed by atoms with E-state index in [-0.39, 0.29) is 5.54 Å². The van der Waals surface area contributed by atoms with E-state index < -0.39 is 0 Å². The van der Waals surface area contributed by atoms with Gasteiger partial charge in [0.15, 0.2) is 0 Å². The fourth-order valence-electron chi connectivity index (χ4n) is 1.79. The molecule has 0 amide bonds. The molecule has 3 nitrogen and oxygen atoms in total. The average Bonchev–Trinajstić information content (AvgIpc) is 2.71. The van der Waals surface area contributed by atoms with Gasteiger partial charge in [-0.2, -0.15) is 0 Å². The summed E-state index contributed by atoms with van der Waals surface area (Å²) >= 11 is 3.37. The topological polar surface area (TPSA) is 34.2 Å². The van der Waals surface area contributed by atoms with Crippen molar-refractivity contribution in [3.05, 3.63) is 22.8 Å². The molecule has 1 atom stereocenters.